The van der Waals surface area contributed by atoms with Gasteiger partial charge in [0, 0.05) is 0 Å². The predicted molar refractivity (Wildman–Crippen MR) is 112 cm³/mol. The minimum Gasteiger partial charge on any atom is -0.481 e. The van der Waals surface area contributed by atoms with Crippen LogP contribution in [0.25, 0.3) is 0 Å². The minimum atomic E-state index is -4.88. The molecule has 0 aromatic heterocycles. The monoisotopic (exact) mass is 484 g/mol. The van der Waals surface area contributed by atoms with E-state index >= 15 is 0 Å². The molecule has 2 atom stereocenters. The molecule has 1 amide bonds. The van der Waals surface area contributed by atoms with Crippen molar-refractivity contribution in [1.82, 2.24) is 0 Å². The Morgan fingerprint density at radius 2 is 1.79 bits per heavy atom. The Morgan fingerprint density at radius 1 is 1.12 bits per heavy atom. The highest BCUT2D eigenvalue weighted by Crippen LogP contribution is 2.36. The molecular weight excluding hydrogens is 468 g/mol. The second-order valence-corrected chi connectivity index (χ2v) is 7.72. The number of hydrogen-bond acceptors (Lipinski definition) is 4. The smallest absolute Gasteiger partial charge is 0.417 e. The van der Waals surface area contributed by atoms with Gasteiger partial charge in [0.15, 0.2) is 0 Å². The van der Waals surface area contributed by atoms with Gasteiger partial charge in [-0.25, -0.2) is 4.39 Å². The standard InChI is InChI=1S/C22H17ClF4N2O4/c23-13-4-1-3-12(22(25,26)27)17(13)20(31)29-15-6-2-5-14(24)18(15)19(28)10-7-8-11(21(32)33)16(30)9-10/h1-6,9,11,16,28,30H,7-8H2,(H,29,31)(H,32,33). The number of carboxylic acid groups (broad SMARTS) is 1. The molecule has 0 aliphatic heterocycles. The average molecular weight is 485 g/mol. The summed E-state index contributed by atoms with van der Waals surface area (Å²) in [6.45, 7) is 0. The quantitative estimate of drug-likeness (QED) is 0.357. The van der Waals surface area contributed by atoms with Gasteiger partial charge in [0.1, 0.15) is 5.82 Å². The van der Waals surface area contributed by atoms with Crippen LogP contribution in [0.5, 0.6) is 0 Å². The average Bonchev–Trinajstić information content (AvgIpc) is 2.72. The van der Waals surface area contributed by atoms with Gasteiger partial charge < -0.3 is 15.5 Å². The highest BCUT2D eigenvalue weighted by molar-refractivity contribution is 6.34. The number of hydrogen-bond donors (Lipinski definition) is 4. The van der Waals surface area contributed by atoms with E-state index in [1.54, 1.807) is 0 Å². The molecule has 0 saturated carbocycles. The number of carboxylic acids is 1. The van der Waals surface area contributed by atoms with Crippen LogP contribution in [0.15, 0.2) is 48.0 Å². The molecule has 2 unspecified atom stereocenters. The number of aliphatic carboxylic acids is 1. The zero-order chi connectivity index (χ0) is 24.5. The van der Waals surface area contributed by atoms with Crippen LogP contribution in [0.4, 0.5) is 23.2 Å². The lowest BCUT2D eigenvalue weighted by molar-refractivity contribution is -0.145. The van der Waals surface area contributed by atoms with Gasteiger partial charge in [0.25, 0.3) is 5.91 Å². The Hall–Kier alpha value is -3.24. The van der Waals surface area contributed by atoms with Crippen LogP contribution in [-0.2, 0) is 11.0 Å². The molecule has 33 heavy (non-hydrogen) atoms. The van der Waals surface area contributed by atoms with Gasteiger partial charge in [0.05, 0.1) is 45.1 Å². The summed E-state index contributed by atoms with van der Waals surface area (Å²) in [6, 6.07) is 6.22. The minimum absolute atomic E-state index is 0.00454. The van der Waals surface area contributed by atoms with Crippen molar-refractivity contribution in [3.05, 3.63) is 75.6 Å². The van der Waals surface area contributed by atoms with Crippen LogP contribution >= 0.6 is 11.6 Å². The maximum atomic E-state index is 14.7. The lowest BCUT2D eigenvalue weighted by Crippen LogP contribution is -2.31. The van der Waals surface area contributed by atoms with Crippen molar-refractivity contribution in [2.75, 3.05) is 5.32 Å². The molecule has 0 radical (unpaired) electrons. The van der Waals surface area contributed by atoms with Crippen LogP contribution in [0.1, 0.15) is 34.3 Å². The van der Waals surface area contributed by atoms with E-state index in [1.165, 1.54) is 12.1 Å². The molecule has 3 rings (SSSR count). The number of aliphatic hydroxyl groups is 1. The van der Waals surface area contributed by atoms with Crippen molar-refractivity contribution >= 4 is 34.9 Å². The fraction of sp³-hybridized carbons (Fsp3) is 0.227. The molecule has 1 aliphatic carbocycles. The van der Waals surface area contributed by atoms with Crippen molar-refractivity contribution in [2.45, 2.75) is 25.1 Å². The first kappa shape index (κ1) is 24.4. The van der Waals surface area contributed by atoms with E-state index in [-0.39, 0.29) is 24.1 Å². The Labute approximate surface area is 190 Å². The molecule has 174 valence electrons. The predicted octanol–water partition coefficient (Wildman–Crippen LogP) is 4.90. The first-order valence-corrected chi connectivity index (χ1v) is 9.96. The summed E-state index contributed by atoms with van der Waals surface area (Å²) in [6.07, 6.45) is -5.13. The molecule has 0 heterocycles. The molecule has 6 nitrogen and oxygen atoms in total. The second kappa shape index (κ2) is 9.32. The number of halogens is 5. The third-order valence-electron chi connectivity index (χ3n) is 5.21. The highest BCUT2D eigenvalue weighted by Gasteiger charge is 2.37. The molecule has 2 aromatic rings. The van der Waals surface area contributed by atoms with Crippen LogP contribution in [-0.4, -0.2) is 33.9 Å². The maximum Gasteiger partial charge on any atom is 0.417 e. The normalized spacial score (nSPS) is 18.4. The number of carbonyl (C=O) groups is 2. The summed E-state index contributed by atoms with van der Waals surface area (Å²) in [4.78, 5) is 23.9. The number of benzene rings is 2. The van der Waals surface area contributed by atoms with Crippen molar-refractivity contribution in [3.8, 4) is 0 Å². The Bertz CT molecular complexity index is 1160. The van der Waals surface area contributed by atoms with E-state index in [2.05, 4.69) is 5.32 Å². The largest absolute Gasteiger partial charge is 0.481 e. The highest BCUT2D eigenvalue weighted by atomic mass is 35.5. The summed E-state index contributed by atoms with van der Waals surface area (Å²) in [5, 5.41) is 29.2. The number of rotatable bonds is 5. The number of nitrogens with one attached hydrogen (secondary N) is 2. The van der Waals surface area contributed by atoms with Gasteiger partial charge in [-0.05, 0) is 48.8 Å². The van der Waals surface area contributed by atoms with E-state index in [4.69, 9.17) is 22.1 Å². The number of alkyl halides is 3. The third-order valence-corrected chi connectivity index (χ3v) is 5.52. The zero-order valence-electron chi connectivity index (χ0n) is 16.7. The van der Waals surface area contributed by atoms with Gasteiger partial charge in [-0.3, -0.25) is 15.0 Å². The summed E-state index contributed by atoms with van der Waals surface area (Å²) < 4.78 is 54.8. The number of amides is 1. The lowest BCUT2D eigenvalue weighted by Gasteiger charge is -2.25. The van der Waals surface area contributed by atoms with Gasteiger partial charge >= 0.3 is 12.1 Å². The summed E-state index contributed by atoms with van der Waals surface area (Å²) >= 11 is 5.85. The van der Waals surface area contributed by atoms with Gasteiger partial charge in [-0.15, -0.1) is 0 Å². The van der Waals surface area contributed by atoms with Crippen LogP contribution in [0.2, 0.25) is 5.02 Å². The zero-order valence-corrected chi connectivity index (χ0v) is 17.5. The van der Waals surface area contributed by atoms with Gasteiger partial charge in [-0.2, -0.15) is 13.2 Å². The molecule has 0 spiro atoms. The van der Waals surface area contributed by atoms with Crippen molar-refractivity contribution < 1.29 is 37.4 Å². The topological polar surface area (TPSA) is 110 Å². The van der Waals surface area contributed by atoms with E-state index in [0.29, 0.717) is 6.07 Å². The number of aliphatic hydroxyl groups excluding tert-OH is 1. The molecule has 0 fully saturated rings. The van der Waals surface area contributed by atoms with Crippen LogP contribution in [0, 0.1) is 17.1 Å². The van der Waals surface area contributed by atoms with Crippen molar-refractivity contribution in [2.24, 2.45) is 5.92 Å². The lowest BCUT2D eigenvalue weighted by atomic mass is 9.84. The first-order chi connectivity index (χ1) is 15.4. The molecule has 11 heteroatoms. The van der Waals surface area contributed by atoms with Gasteiger partial charge in [0.2, 0.25) is 0 Å². The molecule has 0 bridgehead atoms. The van der Waals surface area contributed by atoms with E-state index < -0.39 is 63.3 Å². The third kappa shape index (κ3) is 5.07. The van der Waals surface area contributed by atoms with E-state index in [9.17, 15) is 32.3 Å². The number of allylic oxidation sites excluding steroid dienone is 1. The summed E-state index contributed by atoms with van der Waals surface area (Å²) in [7, 11) is 0. The summed E-state index contributed by atoms with van der Waals surface area (Å²) in [5.41, 5.74) is -3.15. The van der Waals surface area contributed by atoms with Gasteiger partial charge in [-0.1, -0.05) is 23.7 Å². The molecule has 1 aliphatic rings. The second-order valence-electron chi connectivity index (χ2n) is 7.32. The SMILES string of the molecule is N=C(C1=CC(O)C(C(=O)O)CC1)c1c(F)cccc1NC(=O)c1c(Cl)cccc1C(F)(F)F. The molecular formula is C22H17ClF4N2O4. The number of carbonyl (C=O) groups excluding carboxylic acids is 1. The van der Waals surface area contributed by atoms with E-state index in [0.717, 1.165) is 24.3 Å². The Kier molecular flexibility index (Phi) is 6.89. The summed E-state index contributed by atoms with van der Waals surface area (Å²) in [5.74, 6) is -4.49. The van der Waals surface area contributed by atoms with Crippen molar-refractivity contribution in [1.29, 1.82) is 5.41 Å². The maximum absolute atomic E-state index is 14.7. The Balaban J connectivity index is 1.98. The fourth-order valence-electron chi connectivity index (χ4n) is 3.58. The van der Waals surface area contributed by atoms with Crippen LogP contribution < -0.4 is 5.32 Å². The van der Waals surface area contributed by atoms with Crippen molar-refractivity contribution in [3.63, 3.8) is 0 Å². The van der Waals surface area contributed by atoms with E-state index in [1.807, 2.05) is 0 Å². The number of anilines is 1. The molecule has 4 N–H and O–H groups in total. The Morgan fingerprint density at radius 3 is 2.39 bits per heavy atom. The molecule has 0 saturated heterocycles. The fourth-order valence-corrected chi connectivity index (χ4v) is 3.84. The van der Waals surface area contributed by atoms with Crippen LogP contribution in [0.3, 0.4) is 0 Å². The molecule has 2 aromatic carbocycles. The first-order valence-electron chi connectivity index (χ1n) is 9.58.